The summed E-state index contributed by atoms with van der Waals surface area (Å²) in [4.78, 5) is 22.5. The monoisotopic (exact) mass is 234 g/mol. The number of ketones is 1. The zero-order valence-corrected chi connectivity index (χ0v) is 9.82. The first kappa shape index (κ1) is 11.6. The van der Waals surface area contributed by atoms with Gasteiger partial charge in [0.25, 0.3) is 0 Å². The van der Waals surface area contributed by atoms with Gasteiger partial charge in [0.05, 0.1) is 7.11 Å². The van der Waals surface area contributed by atoms with Gasteiger partial charge in [-0.15, -0.1) is 0 Å². The summed E-state index contributed by atoms with van der Waals surface area (Å²) >= 11 is 0. The van der Waals surface area contributed by atoms with E-state index >= 15 is 0 Å². The molecule has 1 aliphatic carbocycles. The predicted molar refractivity (Wildman–Crippen MR) is 61.3 cm³/mol. The molecule has 1 aromatic carbocycles. The van der Waals surface area contributed by atoms with E-state index in [9.17, 15) is 14.7 Å². The van der Waals surface area contributed by atoms with Crippen molar-refractivity contribution in [2.24, 2.45) is 0 Å². The number of methoxy groups -OCH3 is 1. The van der Waals surface area contributed by atoms with Gasteiger partial charge in [-0.25, -0.2) is 0 Å². The molecule has 0 aromatic heterocycles. The van der Waals surface area contributed by atoms with Crippen LogP contribution in [0, 0.1) is 6.92 Å². The first-order chi connectivity index (χ1) is 7.99. The number of carbonyl (C=O) groups is 2. The van der Waals surface area contributed by atoms with Crippen molar-refractivity contribution in [2.45, 2.75) is 25.2 Å². The van der Waals surface area contributed by atoms with Gasteiger partial charge in [-0.2, -0.15) is 0 Å². The number of rotatable bonds is 3. The maximum atomic E-state index is 11.4. The lowest BCUT2D eigenvalue weighted by atomic mass is 9.62. The van der Waals surface area contributed by atoms with Crippen LogP contribution in [0.5, 0.6) is 5.75 Å². The Balaban J connectivity index is 2.45. The second-order valence-corrected chi connectivity index (χ2v) is 4.46. The van der Waals surface area contributed by atoms with Crippen LogP contribution in [0.4, 0.5) is 0 Å². The van der Waals surface area contributed by atoms with Gasteiger partial charge in [0.15, 0.2) is 0 Å². The average molecular weight is 234 g/mol. The van der Waals surface area contributed by atoms with E-state index in [1.807, 2.05) is 6.92 Å². The third-order valence-electron chi connectivity index (χ3n) is 3.36. The minimum Gasteiger partial charge on any atom is -0.497 e. The van der Waals surface area contributed by atoms with Crippen molar-refractivity contribution in [1.82, 2.24) is 0 Å². The van der Waals surface area contributed by atoms with E-state index in [1.54, 1.807) is 25.3 Å². The minimum atomic E-state index is -1.02. The van der Waals surface area contributed by atoms with Crippen LogP contribution in [0.1, 0.15) is 24.0 Å². The highest BCUT2D eigenvalue weighted by molar-refractivity contribution is 6.01. The van der Waals surface area contributed by atoms with E-state index in [0.29, 0.717) is 11.3 Å². The van der Waals surface area contributed by atoms with Gasteiger partial charge >= 0.3 is 5.97 Å². The van der Waals surface area contributed by atoms with Gasteiger partial charge in [-0.05, 0) is 30.2 Å². The third-order valence-corrected chi connectivity index (χ3v) is 3.36. The molecule has 4 nitrogen and oxygen atoms in total. The smallest absolute Gasteiger partial charge is 0.315 e. The Kier molecular flexibility index (Phi) is 2.65. The fraction of sp³-hybridized carbons (Fsp3) is 0.385. The first-order valence-electron chi connectivity index (χ1n) is 5.40. The molecule has 1 aromatic rings. The number of benzene rings is 1. The summed E-state index contributed by atoms with van der Waals surface area (Å²) in [6.07, 6.45) is 0.186. The molecular formula is C13H14O4. The Morgan fingerprint density at radius 3 is 2.47 bits per heavy atom. The van der Waals surface area contributed by atoms with Crippen molar-refractivity contribution in [3.8, 4) is 5.75 Å². The molecule has 1 saturated carbocycles. The maximum Gasteiger partial charge on any atom is 0.315 e. The molecule has 90 valence electrons. The second-order valence-electron chi connectivity index (χ2n) is 4.46. The van der Waals surface area contributed by atoms with E-state index < -0.39 is 11.4 Å². The molecule has 0 unspecified atom stereocenters. The number of ether oxygens (including phenoxy) is 1. The molecule has 1 aliphatic rings. The van der Waals surface area contributed by atoms with Crippen molar-refractivity contribution in [3.05, 3.63) is 29.3 Å². The number of carboxylic acids is 1. The van der Waals surface area contributed by atoms with Crippen molar-refractivity contribution in [2.75, 3.05) is 7.11 Å². The lowest BCUT2D eigenvalue weighted by molar-refractivity contribution is -0.153. The van der Waals surface area contributed by atoms with Crippen LogP contribution in [0.25, 0.3) is 0 Å². The van der Waals surface area contributed by atoms with Crippen molar-refractivity contribution >= 4 is 11.8 Å². The van der Waals surface area contributed by atoms with Crippen LogP contribution in [0.15, 0.2) is 18.2 Å². The van der Waals surface area contributed by atoms with Crippen molar-refractivity contribution in [3.63, 3.8) is 0 Å². The standard InChI is InChI=1S/C13H14O4/c1-8-5-10(17-2)3-4-11(8)13(12(15)16)6-9(14)7-13/h3-5H,6-7H2,1-2H3,(H,15,16). The van der Waals surface area contributed by atoms with E-state index in [-0.39, 0.29) is 18.6 Å². The summed E-state index contributed by atoms with van der Waals surface area (Å²) in [6, 6.07) is 5.27. The number of hydrogen-bond donors (Lipinski definition) is 1. The summed E-state index contributed by atoms with van der Waals surface area (Å²) in [5, 5.41) is 9.32. The molecule has 0 radical (unpaired) electrons. The predicted octanol–water partition coefficient (Wildman–Crippen LogP) is 1.69. The maximum absolute atomic E-state index is 11.4. The normalized spacial score (nSPS) is 17.4. The third kappa shape index (κ3) is 1.69. The highest BCUT2D eigenvalue weighted by Crippen LogP contribution is 2.43. The molecule has 4 heteroatoms. The SMILES string of the molecule is COc1ccc(C2(C(=O)O)CC(=O)C2)c(C)c1. The Hall–Kier alpha value is -1.84. The second kappa shape index (κ2) is 3.87. The van der Waals surface area contributed by atoms with E-state index in [1.165, 1.54) is 0 Å². The van der Waals surface area contributed by atoms with E-state index in [2.05, 4.69) is 0 Å². The van der Waals surface area contributed by atoms with E-state index in [4.69, 9.17) is 4.74 Å². The van der Waals surface area contributed by atoms with Crippen molar-refractivity contribution < 1.29 is 19.4 Å². The summed E-state index contributed by atoms with van der Waals surface area (Å²) < 4.78 is 5.08. The van der Waals surface area contributed by atoms with Crippen LogP contribution in [0.3, 0.4) is 0 Å². The van der Waals surface area contributed by atoms with Gasteiger partial charge < -0.3 is 9.84 Å². The van der Waals surface area contributed by atoms with Gasteiger partial charge in [0.2, 0.25) is 0 Å². The van der Waals surface area contributed by atoms with Crippen molar-refractivity contribution in [1.29, 1.82) is 0 Å². The number of Topliss-reactive ketones (excluding diaryl/α,β-unsaturated/α-hetero) is 1. The molecule has 0 amide bonds. The number of aliphatic carboxylic acids is 1. The van der Waals surface area contributed by atoms with Gasteiger partial charge in [0.1, 0.15) is 16.9 Å². The number of carbonyl (C=O) groups excluding carboxylic acids is 1. The highest BCUT2D eigenvalue weighted by atomic mass is 16.5. The summed E-state index contributed by atoms with van der Waals surface area (Å²) in [6.45, 7) is 1.84. The van der Waals surface area contributed by atoms with Crippen LogP contribution in [-0.4, -0.2) is 24.0 Å². The molecule has 2 rings (SSSR count). The molecule has 0 atom stereocenters. The molecule has 0 aliphatic heterocycles. The lowest BCUT2D eigenvalue weighted by Crippen LogP contribution is -2.48. The molecule has 17 heavy (non-hydrogen) atoms. The summed E-state index contributed by atoms with van der Waals surface area (Å²) in [7, 11) is 1.56. The fourth-order valence-corrected chi connectivity index (χ4v) is 2.38. The molecule has 0 bridgehead atoms. The zero-order chi connectivity index (χ0) is 12.6. The highest BCUT2D eigenvalue weighted by Gasteiger charge is 2.52. The van der Waals surface area contributed by atoms with Crippen LogP contribution in [-0.2, 0) is 15.0 Å². The van der Waals surface area contributed by atoms with Gasteiger partial charge in [0, 0.05) is 12.8 Å². The topological polar surface area (TPSA) is 63.6 Å². The van der Waals surface area contributed by atoms with Crippen LogP contribution in [0.2, 0.25) is 0 Å². The Labute approximate surface area is 99.2 Å². The van der Waals surface area contributed by atoms with E-state index in [0.717, 1.165) is 5.56 Å². The number of carboxylic acid groups (broad SMARTS) is 1. The zero-order valence-electron chi connectivity index (χ0n) is 9.82. The fourth-order valence-electron chi connectivity index (χ4n) is 2.38. The molecule has 1 fully saturated rings. The van der Waals surface area contributed by atoms with Gasteiger partial charge in [-0.1, -0.05) is 6.07 Å². The Morgan fingerprint density at radius 1 is 1.41 bits per heavy atom. The molecular weight excluding hydrogens is 220 g/mol. The minimum absolute atomic E-state index is 0.00242. The average Bonchev–Trinajstić information content (AvgIpc) is 2.24. The number of hydrogen-bond acceptors (Lipinski definition) is 3. The van der Waals surface area contributed by atoms with Crippen LogP contribution >= 0.6 is 0 Å². The van der Waals surface area contributed by atoms with Crippen LogP contribution < -0.4 is 4.74 Å². The molecule has 0 heterocycles. The quantitative estimate of drug-likeness (QED) is 0.864. The summed E-state index contributed by atoms with van der Waals surface area (Å²) in [5.74, 6) is -0.231. The Bertz CT molecular complexity index is 482. The largest absolute Gasteiger partial charge is 0.497 e. The molecule has 0 saturated heterocycles. The Morgan fingerprint density at radius 2 is 2.06 bits per heavy atom. The van der Waals surface area contributed by atoms with Gasteiger partial charge in [-0.3, -0.25) is 9.59 Å². The first-order valence-corrected chi connectivity index (χ1v) is 5.40. The number of aryl methyl sites for hydroxylation is 1. The summed E-state index contributed by atoms with van der Waals surface area (Å²) in [5.41, 5.74) is 0.539. The molecule has 1 N–H and O–H groups in total. The lowest BCUT2D eigenvalue weighted by Gasteiger charge is -2.37. The molecule has 0 spiro atoms.